The quantitative estimate of drug-likeness (QED) is 0.724. The molecule has 6 nitrogen and oxygen atoms in total. The number of ether oxygens (including phenoxy) is 2. The maximum absolute atomic E-state index is 11.5. The molecular weight excluding hydrogens is 224 g/mol. The van der Waals surface area contributed by atoms with Crippen molar-refractivity contribution in [2.75, 3.05) is 26.8 Å². The summed E-state index contributed by atoms with van der Waals surface area (Å²) in [6.07, 6.45) is 0.388. The molecule has 1 aliphatic heterocycles. The van der Waals surface area contributed by atoms with Crippen molar-refractivity contribution in [3.63, 3.8) is 0 Å². The summed E-state index contributed by atoms with van der Waals surface area (Å²) in [5.74, 6) is -0.216. The standard InChI is InChI=1S/C11H20N2O4/c1-4-17-10(14)8(2)13-6-5-9(7-13)12-11(15)16-3/h8-9H,4-7H2,1-3H3,(H,12,15). The second kappa shape index (κ2) is 6.44. The van der Waals surface area contributed by atoms with Crippen molar-refractivity contribution < 1.29 is 19.1 Å². The van der Waals surface area contributed by atoms with Gasteiger partial charge in [-0.2, -0.15) is 0 Å². The zero-order valence-electron chi connectivity index (χ0n) is 10.6. The first kappa shape index (κ1) is 13.8. The van der Waals surface area contributed by atoms with Crippen molar-refractivity contribution in [1.29, 1.82) is 0 Å². The van der Waals surface area contributed by atoms with Crippen LogP contribution in [0.25, 0.3) is 0 Å². The highest BCUT2D eigenvalue weighted by Crippen LogP contribution is 2.13. The Kier molecular flexibility index (Phi) is 5.21. The molecular formula is C11H20N2O4. The van der Waals surface area contributed by atoms with Gasteiger partial charge in [0.15, 0.2) is 0 Å². The van der Waals surface area contributed by atoms with Gasteiger partial charge in [-0.05, 0) is 20.3 Å². The van der Waals surface area contributed by atoms with Crippen LogP contribution in [0.3, 0.4) is 0 Å². The minimum absolute atomic E-state index is 0.0410. The highest BCUT2D eigenvalue weighted by Gasteiger charge is 2.31. The van der Waals surface area contributed by atoms with E-state index in [-0.39, 0.29) is 18.1 Å². The van der Waals surface area contributed by atoms with Gasteiger partial charge in [0.1, 0.15) is 6.04 Å². The molecule has 0 aliphatic carbocycles. The largest absolute Gasteiger partial charge is 0.465 e. The van der Waals surface area contributed by atoms with Crippen LogP contribution in [-0.4, -0.2) is 55.9 Å². The Balaban J connectivity index is 2.39. The minimum atomic E-state index is -0.430. The number of methoxy groups -OCH3 is 1. The molecule has 1 fully saturated rings. The highest BCUT2D eigenvalue weighted by molar-refractivity contribution is 5.75. The lowest BCUT2D eigenvalue weighted by Crippen LogP contribution is -2.42. The lowest BCUT2D eigenvalue weighted by molar-refractivity contribution is -0.148. The van der Waals surface area contributed by atoms with Crippen molar-refractivity contribution in [3.8, 4) is 0 Å². The zero-order valence-corrected chi connectivity index (χ0v) is 10.6. The molecule has 1 aliphatic rings. The minimum Gasteiger partial charge on any atom is -0.465 e. The molecule has 0 aromatic rings. The predicted molar refractivity (Wildman–Crippen MR) is 61.6 cm³/mol. The molecule has 0 aromatic carbocycles. The Bertz CT molecular complexity index is 283. The fourth-order valence-electron chi connectivity index (χ4n) is 1.89. The Morgan fingerprint density at radius 1 is 1.53 bits per heavy atom. The lowest BCUT2D eigenvalue weighted by atomic mass is 10.3. The number of carbonyl (C=O) groups excluding carboxylic acids is 2. The lowest BCUT2D eigenvalue weighted by Gasteiger charge is -2.22. The molecule has 0 bridgehead atoms. The van der Waals surface area contributed by atoms with Crippen LogP contribution in [0.2, 0.25) is 0 Å². The van der Waals surface area contributed by atoms with Crippen LogP contribution in [0.5, 0.6) is 0 Å². The van der Waals surface area contributed by atoms with Crippen LogP contribution in [0, 0.1) is 0 Å². The van der Waals surface area contributed by atoms with Gasteiger partial charge in [0, 0.05) is 19.1 Å². The number of nitrogens with zero attached hydrogens (tertiary/aromatic N) is 1. The van der Waals surface area contributed by atoms with Crippen LogP contribution in [0.4, 0.5) is 4.79 Å². The van der Waals surface area contributed by atoms with E-state index in [1.54, 1.807) is 6.92 Å². The number of amides is 1. The van der Waals surface area contributed by atoms with E-state index in [4.69, 9.17) is 4.74 Å². The van der Waals surface area contributed by atoms with E-state index in [1.807, 2.05) is 11.8 Å². The molecule has 1 N–H and O–H groups in total. The van der Waals surface area contributed by atoms with Crippen LogP contribution >= 0.6 is 0 Å². The maximum Gasteiger partial charge on any atom is 0.407 e. The Labute approximate surface area is 101 Å². The summed E-state index contributed by atoms with van der Waals surface area (Å²) in [6.45, 7) is 5.42. The van der Waals surface area contributed by atoms with E-state index in [0.29, 0.717) is 13.2 Å². The van der Waals surface area contributed by atoms with Gasteiger partial charge in [0.05, 0.1) is 13.7 Å². The number of esters is 1. The number of hydrogen-bond donors (Lipinski definition) is 1. The van der Waals surface area contributed by atoms with Crippen molar-refractivity contribution in [1.82, 2.24) is 10.2 Å². The van der Waals surface area contributed by atoms with Gasteiger partial charge in [0.25, 0.3) is 0 Å². The predicted octanol–water partition coefficient (Wildman–Crippen LogP) is 0.368. The van der Waals surface area contributed by atoms with Crippen LogP contribution in [0.15, 0.2) is 0 Å². The molecule has 1 rings (SSSR count). The molecule has 2 atom stereocenters. The first-order valence-electron chi connectivity index (χ1n) is 5.83. The SMILES string of the molecule is CCOC(=O)C(C)N1CCC(NC(=O)OC)C1. The van der Waals surface area contributed by atoms with E-state index >= 15 is 0 Å². The molecule has 0 radical (unpaired) electrons. The Hall–Kier alpha value is -1.30. The number of rotatable bonds is 4. The smallest absolute Gasteiger partial charge is 0.407 e. The fraction of sp³-hybridized carbons (Fsp3) is 0.818. The number of alkyl carbamates (subject to hydrolysis) is 1. The average molecular weight is 244 g/mol. The van der Waals surface area contributed by atoms with Crippen LogP contribution in [-0.2, 0) is 14.3 Å². The summed E-state index contributed by atoms with van der Waals surface area (Å²) in [6, 6.07) is -0.223. The highest BCUT2D eigenvalue weighted by atomic mass is 16.5. The number of carbonyl (C=O) groups is 2. The third-order valence-electron chi connectivity index (χ3n) is 2.90. The van der Waals surface area contributed by atoms with Crippen molar-refractivity contribution in [2.24, 2.45) is 0 Å². The molecule has 0 spiro atoms. The van der Waals surface area contributed by atoms with Gasteiger partial charge in [-0.15, -0.1) is 0 Å². The van der Waals surface area contributed by atoms with E-state index in [1.165, 1.54) is 7.11 Å². The summed E-state index contributed by atoms with van der Waals surface area (Å²) < 4.78 is 9.49. The van der Waals surface area contributed by atoms with Crippen molar-refractivity contribution >= 4 is 12.1 Å². The maximum atomic E-state index is 11.5. The van der Waals surface area contributed by atoms with Gasteiger partial charge in [0.2, 0.25) is 0 Å². The van der Waals surface area contributed by atoms with E-state index in [2.05, 4.69) is 10.1 Å². The second-order valence-electron chi connectivity index (χ2n) is 4.04. The molecule has 1 heterocycles. The third kappa shape index (κ3) is 3.89. The van der Waals surface area contributed by atoms with E-state index < -0.39 is 6.09 Å². The third-order valence-corrected chi connectivity index (χ3v) is 2.90. The second-order valence-corrected chi connectivity index (χ2v) is 4.04. The molecule has 0 aromatic heterocycles. The first-order chi connectivity index (χ1) is 8.08. The van der Waals surface area contributed by atoms with Gasteiger partial charge in [-0.25, -0.2) is 4.79 Å². The number of nitrogens with one attached hydrogen (secondary N) is 1. The number of likely N-dealkylation sites (tertiary alicyclic amines) is 1. The summed E-state index contributed by atoms with van der Waals surface area (Å²) in [5, 5.41) is 2.73. The van der Waals surface area contributed by atoms with Crippen molar-refractivity contribution in [2.45, 2.75) is 32.4 Å². The zero-order chi connectivity index (χ0) is 12.8. The van der Waals surface area contributed by atoms with Crippen molar-refractivity contribution in [3.05, 3.63) is 0 Å². The van der Waals surface area contributed by atoms with E-state index in [9.17, 15) is 9.59 Å². The van der Waals surface area contributed by atoms with Crippen LogP contribution < -0.4 is 5.32 Å². The normalized spacial score (nSPS) is 21.9. The molecule has 0 saturated carbocycles. The molecule has 6 heteroatoms. The molecule has 1 saturated heterocycles. The van der Waals surface area contributed by atoms with Gasteiger partial charge in [-0.3, -0.25) is 9.69 Å². The summed E-state index contributed by atoms with van der Waals surface area (Å²) in [7, 11) is 1.34. The monoisotopic (exact) mass is 244 g/mol. The topological polar surface area (TPSA) is 67.9 Å². The van der Waals surface area contributed by atoms with Gasteiger partial charge in [-0.1, -0.05) is 0 Å². The van der Waals surface area contributed by atoms with Crippen LogP contribution in [0.1, 0.15) is 20.3 Å². The van der Waals surface area contributed by atoms with E-state index in [0.717, 1.165) is 13.0 Å². The van der Waals surface area contributed by atoms with Gasteiger partial charge >= 0.3 is 12.1 Å². The Morgan fingerprint density at radius 2 is 2.24 bits per heavy atom. The average Bonchev–Trinajstić information content (AvgIpc) is 2.76. The summed E-state index contributed by atoms with van der Waals surface area (Å²) in [5.41, 5.74) is 0. The molecule has 2 unspecified atom stereocenters. The Morgan fingerprint density at radius 3 is 2.82 bits per heavy atom. The fourth-order valence-corrected chi connectivity index (χ4v) is 1.89. The summed E-state index contributed by atoms with van der Waals surface area (Å²) >= 11 is 0. The molecule has 98 valence electrons. The summed E-state index contributed by atoms with van der Waals surface area (Å²) in [4.78, 5) is 24.6. The molecule has 17 heavy (non-hydrogen) atoms. The van der Waals surface area contributed by atoms with Gasteiger partial charge < -0.3 is 14.8 Å². The molecule has 1 amide bonds. The first-order valence-corrected chi connectivity index (χ1v) is 5.83. The number of hydrogen-bond acceptors (Lipinski definition) is 5.